The molecule has 3 aromatic rings. The van der Waals surface area contributed by atoms with Gasteiger partial charge in [0.05, 0.1) is 24.1 Å². The van der Waals surface area contributed by atoms with E-state index in [-0.39, 0.29) is 18.5 Å². The number of para-hydroxylation sites is 1. The lowest BCUT2D eigenvalue weighted by molar-refractivity contribution is -0.124. The topological polar surface area (TPSA) is 67.2 Å². The zero-order valence-electron chi connectivity index (χ0n) is 16.4. The van der Waals surface area contributed by atoms with Crippen molar-refractivity contribution in [3.05, 3.63) is 65.9 Å². The summed E-state index contributed by atoms with van der Waals surface area (Å²) in [5.41, 5.74) is 5.54. The highest BCUT2D eigenvalue weighted by molar-refractivity contribution is 7.99. The quantitative estimate of drug-likeness (QED) is 0.499. The number of urea groups is 1. The van der Waals surface area contributed by atoms with Crippen molar-refractivity contribution in [1.82, 2.24) is 19.8 Å². The van der Waals surface area contributed by atoms with Crippen LogP contribution in [0.4, 0.5) is 4.79 Å². The maximum Gasteiger partial charge on any atom is 0.324 e. The normalized spacial score (nSPS) is 13.8. The van der Waals surface area contributed by atoms with E-state index in [1.165, 1.54) is 4.90 Å². The standard InChI is InChI=1S/C22H22N4O2S/c1-15-7-6-8-16(2)20(15)26-18(17-9-4-3-5-10-17)13-24-22(26)29-12-11-25-19(27)14-23-21(25)28/h3-10,13H,11-12,14H2,1-2H3,(H,23,28). The van der Waals surface area contributed by atoms with E-state index in [2.05, 4.69) is 59.0 Å². The molecule has 29 heavy (non-hydrogen) atoms. The summed E-state index contributed by atoms with van der Waals surface area (Å²) in [4.78, 5) is 29.5. The number of rotatable bonds is 6. The first-order valence-corrected chi connectivity index (χ1v) is 10.5. The molecule has 3 amide bonds. The number of aromatic nitrogens is 2. The molecule has 2 aromatic carbocycles. The molecule has 0 unspecified atom stereocenters. The van der Waals surface area contributed by atoms with Crippen molar-refractivity contribution in [2.75, 3.05) is 18.8 Å². The van der Waals surface area contributed by atoms with E-state index >= 15 is 0 Å². The maximum absolute atomic E-state index is 11.8. The fraction of sp³-hybridized carbons (Fsp3) is 0.227. The van der Waals surface area contributed by atoms with Crippen molar-refractivity contribution in [2.45, 2.75) is 19.0 Å². The number of nitrogens with one attached hydrogen (secondary N) is 1. The Morgan fingerprint density at radius 3 is 2.41 bits per heavy atom. The van der Waals surface area contributed by atoms with Gasteiger partial charge >= 0.3 is 6.03 Å². The molecule has 0 bridgehead atoms. The van der Waals surface area contributed by atoms with Gasteiger partial charge in [-0.1, -0.05) is 60.3 Å². The number of thioether (sulfide) groups is 1. The molecular weight excluding hydrogens is 384 g/mol. The Balaban J connectivity index is 1.68. The molecule has 1 saturated heterocycles. The van der Waals surface area contributed by atoms with Crippen molar-refractivity contribution >= 4 is 23.7 Å². The predicted octanol–water partition coefficient (Wildman–Crippen LogP) is 3.80. The Morgan fingerprint density at radius 1 is 1.03 bits per heavy atom. The van der Waals surface area contributed by atoms with Gasteiger partial charge in [0.15, 0.2) is 5.16 Å². The third-order valence-electron chi connectivity index (χ3n) is 4.95. The molecule has 4 rings (SSSR count). The first kappa shape index (κ1) is 19.3. The van der Waals surface area contributed by atoms with Gasteiger partial charge in [0.25, 0.3) is 0 Å². The smallest absolute Gasteiger partial charge is 0.324 e. The molecule has 1 N–H and O–H groups in total. The Bertz CT molecular complexity index is 1030. The number of imide groups is 1. The predicted molar refractivity (Wildman–Crippen MR) is 114 cm³/mol. The summed E-state index contributed by atoms with van der Waals surface area (Å²) in [5, 5.41) is 3.39. The molecule has 0 spiro atoms. The fourth-order valence-corrected chi connectivity index (χ4v) is 4.44. The Hall–Kier alpha value is -3.06. The summed E-state index contributed by atoms with van der Waals surface area (Å²) in [5.74, 6) is 0.397. The van der Waals surface area contributed by atoms with Gasteiger partial charge in [-0.25, -0.2) is 9.78 Å². The SMILES string of the molecule is Cc1cccc(C)c1-n1c(-c2ccccc2)cnc1SCCN1C(=O)CNC1=O. The highest BCUT2D eigenvalue weighted by Gasteiger charge is 2.28. The van der Waals surface area contributed by atoms with E-state index in [9.17, 15) is 9.59 Å². The van der Waals surface area contributed by atoms with E-state index in [1.54, 1.807) is 11.8 Å². The molecule has 0 saturated carbocycles. The fourth-order valence-electron chi connectivity index (χ4n) is 3.53. The van der Waals surface area contributed by atoms with Crippen molar-refractivity contribution in [3.63, 3.8) is 0 Å². The monoisotopic (exact) mass is 406 g/mol. The largest absolute Gasteiger partial charge is 0.329 e. The number of carbonyl (C=O) groups is 2. The number of aryl methyl sites for hydroxylation is 2. The van der Waals surface area contributed by atoms with Gasteiger partial charge in [-0.2, -0.15) is 0 Å². The van der Waals surface area contributed by atoms with Crippen LogP contribution in [-0.2, 0) is 4.79 Å². The van der Waals surface area contributed by atoms with E-state index in [1.807, 2.05) is 24.4 Å². The van der Waals surface area contributed by atoms with Crippen molar-refractivity contribution < 1.29 is 9.59 Å². The minimum Gasteiger partial charge on any atom is -0.329 e. The lowest BCUT2D eigenvalue weighted by Gasteiger charge is -2.17. The van der Waals surface area contributed by atoms with Gasteiger partial charge in [-0.05, 0) is 25.0 Å². The van der Waals surface area contributed by atoms with Crippen LogP contribution >= 0.6 is 11.8 Å². The second-order valence-corrected chi connectivity index (χ2v) is 7.98. The third kappa shape index (κ3) is 3.78. The van der Waals surface area contributed by atoms with Crippen molar-refractivity contribution in [1.29, 1.82) is 0 Å². The molecule has 1 fully saturated rings. The molecule has 0 atom stereocenters. The molecule has 1 aliphatic heterocycles. The lowest BCUT2D eigenvalue weighted by atomic mass is 10.1. The second kappa shape index (κ2) is 8.13. The number of hydrogen-bond acceptors (Lipinski definition) is 4. The molecule has 1 aromatic heterocycles. The zero-order chi connectivity index (χ0) is 20.4. The van der Waals surface area contributed by atoms with Crippen LogP contribution in [0.5, 0.6) is 0 Å². The minimum absolute atomic E-state index is 0.0820. The summed E-state index contributed by atoms with van der Waals surface area (Å²) in [6.45, 7) is 4.63. The summed E-state index contributed by atoms with van der Waals surface area (Å²) in [7, 11) is 0. The molecule has 148 valence electrons. The molecule has 6 nitrogen and oxygen atoms in total. The number of nitrogens with zero attached hydrogens (tertiary/aromatic N) is 3. The average molecular weight is 407 g/mol. The van der Waals surface area contributed by atoms with Gasteiger partial charge in [0.1, 0.15) is 0 Å². The van der Waals surface area contributed by atoms with E-state index in [4.69, 9.17) is 0 Å². The second-order valence-electron chi connectivity index (χ2n) is 6.92. The third-order valence-corrected chi connectivity index (χ3v) is 5.88. The van der Waals surface area contributed by atoms with E-state index < -0.39 is 0 Å². The van der Waals surface area contributed by atoms with Crippen molar-refractivity contribution in [3.8, 4) is 16.9 Å². The van der Waals surface area contributed by atoms with Crippen LogP contribution in [0, 0.1) is 13.8 Å². The van der Waals surface area contributed by atoms with Crippen LogP contribution in [0.15, 0.2) is 59.9 Å². The number of carbonyl (C=O) groups excluding carboxylic acids is 2. The number of imidazole rings is 1. The maximum atomic E-state index is 11.8. The van der Waals surface area contributed by atoms with E-state index in [0.29, 0.717) is 12.3 Å². The van der Waals surface area contributed by atoms with E-state index in [0.717, 1.165) is 33.2 Å². The van der Waals surface area contributed by atoms with Gasteiger partial charge in [-0.3, -0.25) is 14.3 Å². The Labute approximate surface area is 173 Å². The van der Waals surface area contributed by atoms with Gasteiger partial charge < -0.3 is 5.32 Å². The first-order valence-electron chi connectivity index (χ1n) is 9.47. The summed E-state index contributed by atoms with van der Waals surface area (Å²) >= 11 is 1.54. The van der Waals surface area contributed by atoms with Crippen LogP contribution in [0.3, 0.4) is 0 Å². The molecule has 0 radical (unpaired) electrons. The summed E-state index contributed by atoms with van der Waals surface area (Å²) in [6.07, 6.45) is 1.89. The lowest BCUT2D eigenvalue weighted by Crippen LogP contribution is -2.32. The minimum atomic E-state index is -0.321. The van der Waals surface area contributed by atoms with Gasteiger partial charge in [-0.15, -0.1) is 0 Å². The number of hydrogen-bond donors (Lipinski definition) is 1. The Morgan fingerprint density at radius 2 is 1.76 bits per heavy atom. The summed E-state index contributed by atoms with van der Waals surface area (Å²) < 4.78 is 2.18. The summed E-state index contributed by atoms with van der Waals surface area (Å²) in [6, 6.07) is 16.1. The van der Waals surface area contributed by atoms with Crippen LogP contribution in [-0.4, -0.2) is 45.2 Å². The van der Waals surface area contributed by atoms with Crippen molar-refractivity contribution in [2.24, 2.45) is 0 Å². The first-order chi connectivity index (χ1) is 14.1. The highest BCUT2D eigenvalue weighted by Crippen LogP contribution is 2.32. The Kier molecular flexibility index (Phi) is 5.40. The highest BCUT2D eigenvalue weighted by atomic mass is 32.2. The molecule has 1 aliphatic rings. The zero-order valence-corrected chi connectivity index (χ0v) is 17.2. The van der Waals surface area contributed by atoms with Gasteiger partial charge in [0, 0.05) is 17.9 Å². The van der Waals surface area contributed by atoms with Crippen LogP contribution in [0.2, 0.25) is 0 Å². The molecule has 0 aliphatic carbocycles. The number of benzene rings is 2. The molecule has 7 heteroatoms. The van der Waals surface area contributed by atoms with Crippen LogP contribution in [0.1, 0.15) is 11.1 Å². The number of amides is 3. The van der Waals surface area contributed by atoms with Crippen LogP contribution in [0.25, 0.3) is 16.9 Å². The van der Waals surface area contributed by atoms with Crippen LogP contribution < -0.4 is 5.32 Å². The molecule has 2 heterocycles. The van der Waals surface area contributed by atoms with Gasteiger partial charge in [0.2, 0.25) is 5.91 Å². The average Bonchev–Trinajstić information content (AvgIpc) is 3.27. The molecular formula is C22H22N4O2S.